The van der Waals surface area contributed by atoms with Crippen LogP contribution in [0.4, 0.5) is 0 Å². The van der Waals surface area contributed by atoms with Gasteiger partial charge in [0.2, 0.25) is 0 Å². The zero-order valence-corrected chi connectivity index (χ0v) is 7.28. The Bertz CT molecular complexity index is 325. The van der Waals surface area contributed by atoms with Gasteiger partial charge in [0, 0.05) is 5.56 Å². The highest BCUT2D eigenvalue weighted by molar-refractivity contribution is 6.05. The topological polar surface area (TPSA) is 54.4 Å². The van der Waals surface area contributed by atoms with E-state index in [9.17, 15) is 9.59 Å². The molecule has 0 aliphatic heterocycles. The lowest BCUT2D eigenvalue weighted by Crippen LogP contribution is -2.06. The van der Waals surface area contributed by atoms with Crippen LogP contribution < -0.4 is 0 Å². The largest absolute Gasteiger partial charge is 0.481 e. The smallest absolute Gasteiger partial charge is 0.311 e. The van der Waals surface area contributed by atoms with E-state index in [-0.39, 0.29) is 5.78 Å². The van der Waals surface area contributed by atoms with Crippen LogP contribution in [0.3, 0.4) is 0 Å². The monoisotopic (exact) mass is 178 g/mol. The zero-order valence-electron chi connectivity index (χ0n) is 7.28. The quantitative estimate of drug-likeness (QED) is 0.565. The molecule has 1 aromatic rings. The zero-order chi connectivity index (χ0) is 9.84. The van der Waals surface area contributed by atoms with E-state index in [1.54, 1.807) is 24.3 Å². The number of carboxylic acids is 1. The van der Waals surface area contributed by atoms with Gasteiger partial charge in [0.15, 0.2) is 5.78 Å². The molecule has 68 valence electrons. The molecule has 0 aliphatic carbocycles. The molecule has 0 spiro atoms. The van der Waals surface area contributed by atoms with E-state index in [0.29, 0.717) is 5.56 Å². The Morgan fingerprint density at radius 2 is 1.77 bits per heavy atom. The third-order valence-corrected chi connectivity index (χ3v) is 1.69. The van der Waals surface area contributed by atoms with Crippen molar-refractivity contribution in [3.8, 4) is 0 Å². The summed E-state index contributed by atoms with van der Waals surface area (Å²) in [6.07, 6.45) is -0.441. The number of aliphatic carboxylic acids is 1. The van der Waals surface area contributed by atoms with Gasteiger partial charge in [-0.2, -0.15) is 0 Å². The second kappa shape index (κ2) is 3.85. The number of benzene rings is 1. The Hall–Kier alpha value is -1.64. The van der Waals surface area contributed by atoms with E-state index in [1.807, 2.05) is 6.92 Å². The first-order valence-corrected chi connectivity index (χ1v) is 3.91. The Balaban J connectivity index is 2.78. The fraction of sp³-hybridized carbons (Fsp3) is 0.200. The molecule has 3 heteroatoms. The minimum atomic E-state index is -1.09. The fourth-order valence-electron chi connectivity index (χ4n) is 0.979. The van der Waals surface area contributed by atoms with Gasteiger partial charge < -0.3 is 5.11 Å². The van der Waals surface area contributed by atoms with Crippen molar-refractivity contribution in [3.05, 3.63) is 35.4 Å². The Labute approximate surface area is 76.0 Å². The molecule has 0 saturated carbocycles. The molecule has 0 fully saturated rings. The number of rotatable bonds is 3. The number of carbonyl (C=O) groups excluding carboxylic acids is 1. The van der Waals surface area contributed by atoms with E-state index in [2.05, 4.69) is 0 Å². The second-order valence-electron chi connectivity index (χ2n) is 2.86. The van der Waals surface area contributed by atoms with Gasteiger partial charge in [0.1, 0.15) is 6.42 Å². The number of hydrogen-bond donors (Lipinski definition) is 1. The summed E-state index contributed by atoms with van der Waals surface area (Å²) in [7, 11) is 0. The normalized spacial score (nSPS) is 9.62. The van der Waals surface area contributed by atoms with Gasteiger partial charge in [-0.1, -0.05) is 29.8 Å². The maximum Gasteiger partial charge on any atom is 0.311 e. The molecule has 0 aromatic heterocycles. The Kier molecular flexibility index (Phi) is 2.80. The van der Waals surface area contributed by atoms with Gasteiger partial charge in [-0.05, 0) is 6.92 Å². The van der Waals surface area contributed by atoms with E-state index in [4.69, 9.17) is 5.11 Å². The van der Waals surface area contributed by atoms with Crippen LogP contribution in [0.5, 0.6) is 0 Å². The predicted octanol–water partition coefficient (Wildman–Crippen LogP) is 1.65. The Morgan fingerprint density at radius 3 is 2.23 bits per heavy atom. The molecule has 0 atom stereocenters. The molecule has 0 amide bonds. The second-order valence-corrected chi connectivity index (χ2v) is 2.86. The van der Waals surface area contributed by atoms with Crippen molar-refractivity contribution in [2.24, 2.45) is 0 Å². The van der Waals surface area contributed by atoms with Crippen LogP contribution in [0.15, 0.2) is 24.3 Å². The molecule has 1 N–H and O–H groups in total. The highest BCUT2D eigenvalue weighted by atomic mass is 16.4. The van der Waals surface area contributed by atoms with Crippen LogP contribution in [0, 0.1) is 6.92 Å². The van der Waals surface area contributed by atoms with E-state index < -0.39 is 12.4 Å². The lowest BCUT2D eigenvalue weighted by molar-refractivity contribution is -0.135. The summed E-state index contributed by atoms with van der Waals surface area (Å²) < 4.78 is 0. The molecule has 0 radical (unpaired) electrons. The highest BCUT2D eigenvalue weighted by Gasteiger charge is 2.09. The van der Waals surface area contributed by atoms with Crippen LogP contribution in [0.2, 0.25) is 0 Å². The van der Waals surface area contributed by atoms with E-state index in [0.717, 1.165) is 5.56 Å². The van der Waals surface area contributed by atoms with Crippen molar-refractivity contribution in [2.75, 3.05) is 0 Å². The summed E-state index contributed by atoms with van der Waals surface area (Å²) >= 11 is 0. The summed E-state index contributed by atoms with van der Waals surface area (Å²) in [6, 6.07) is 6.85. The highest BCUT2D eigenvalue weighted by Crippen LogP contribution is 2.05. The number of ketones is 1. The van der Waals surface area contributed by atoms with Gasteiger partial charge in [-0.15, -0.1) is 0 Å². The number of aryl methyl sites for hydroxylation is 1. The van der Waals surface area contributed by atoms with Crippen molar-refractivity contribution in [2.45, 2.75) is 13.3 Å². The van der Waals surface area contributed by atoms with Gasteiger partial charge in [-0.25, -0.2) is 0 Å². The van der Waals surface area contributed by atoms with Gasteiger partial charge in [0.25, 0.3) is 0 Å². The van der Waals surface area contributed by atoms with Crippen LogP contribution in [0.25, 0.3) is 0 Å². The van der Waals surface area contributed by atoms with Crippen molar-refractivity contribution in [3.63, 3.8) is 0 Å². The van der Waals surface area contributed by atoms with Gasteiger partial charge >= 0.3 is 5.97 Å². The van der Waals surface area contributed by atoms with Crippen LogP contribution in [-0.2, 0) is 4.79 Å². The van der Waals surface area contributed by atoms with Crippen molar-refractivity contribution < 1.29 is 14.7 Å². The summed E-state index contributed by atoms with van der Waals surface area (Å²) in [5, 5.41) is 8.38. The van der Waals surface area contributed by atoms with Crippen LogP contribution in [0.1, 0.15) is 22.3 Å². The van der Waals surface area contributed by atoms with E-state index in [1.165, 1.54) is 0 Å². The van der Waals surface area contributed by atoms with Crippen molar-refractivity contribution >= 4 is 11.8 Å². The molecule has 0 unspecified atom stereocenters. The predicted molar refractivity (Wildman–Crippen MR) is 47.8 cm³/mol. The molecule has 0 saturated heterocycles. The molecule has 0 heterocycles. The number of hydrogen-bond acceptors (Lipinski definition) is 2. The van der Waals surface area contributed by atoms with Crippen molar-refractivity contribution in [1.82, 2.24) is 0 Å². The number of carboxylic acid groups (broad SMARTS) is 1. The van der Waals surface area contributed by atoms with Gasteiger partial charge in [-0.3, -0.25) is 9.59 Å². The first kappa shape index (κ1) is 9.45. The lowest BCUT2D eigenvalue weighted by atomic mass is 10.1. The average molecular weight is 178 g/mol. The number of carbonyl (C=O) groups is 2. The molecule has 0 aliphatic rings. The first-order valence-electron chi connectivity index (χ1n) is 3.91. The summed E-state index contributed by atoms with van der Waals surface area (Å²) in [4.78, 5) is 21.4. The third-order valence-electron chi connectivity index (χ3n) is 1.69. The standard InChI is InChI=1S/C10H10O3/c1-7-2-4-8(5-3-7)9(11)6-10(12)13/h2-5H,6H2,1H3,(H,12,13). The molecule has 1 aromatic carbocycles. The number of Topliss-reactive ketones (excluding diaryl/α,β-unsaturated/α-hetero) is 1. The van der Waals surface area contributed by atoms with Crippen LogP contribution in [-0.4, -0.2) is 16.9 Å². The maximum absolute atomic E-state index is 11.2. The molecular formula is C10H10O3. The molecule has 13 heavy (non-hydrogen) atoms. The van der Waals surface area contributed by atoms with E-state index >= 15 is 0 Å². The first-order chi connectivity index (χ1) is 6.09. The van der Waals surface area contributed by atoms with Crippen molar-refractivity contribution in [1.29, 1.82) is 0 Å². The summed E-state index contributed by atoms with van der Waals surface area (Å²) in [5.41, 5.74) is 1.50. The minimum Gasteiger partial charge on any atom is -0.481 e. The van der Waals surface area contributed by atoms with Gasteiger partial charge in [0.05, 0.1) is 0 Å². The molecular weight excluding hydrogens is 168 g/mol. The molecule has 1 rings (SSSR count). The summed E-state index contributed by atoms with van der Waals surface area (Å²) in [5.74, 6) is -1.45. The SMILES string of the molecule is Cc1ccc(C(=O)CC(=O)O)cc1. The minimum absolute atomic E-state index is 0.354. The fourth-order valence-corrected chi connectivity index (χ4v) is 0.979. The molecule has 0 bridgehead atoms. The molecule has 3 nitrogen and oxygen atoms in total. The average Bonchev–Trinajstić information content (AvgIpc) is 2.04. The Morgan fingerprint density at radius 1 is 1.23 bits per heavy atom. The van der Waals surface area contributed by atoms with Crippen LogP contribution >= 0.6 is 0 Å². The lowest BCUT2D eigenvalue weighted by Gasteiger charge is -1.97. The maximum atomic E-state index is 11.2. The summed E-state index contributed by atoms with van der Waals surface area (Å²) in [6.45, 7) is 1.91. The third kappa shape index (κ3) is 2.71.